The van der Waals surface area contributed by atoms with Crippen molar-refractivity contribution < 1.29 is 9.59 Å². The van der Waals surface area contributed by atoms with Gasteiger partial charge in [0.05, 0.1) is 6.54 Å². The first-order valence-corrected chi connectivity index (χ1v) is 9.41. The van der Waals surface area contributed by atoms with Crippen molar-refractivity contribution in [2.24, 2.45) is 5.92 Å². The molecule has 5 heteroatoms. The van der Waals surface area contributed by atoms with Crippen LogP contribution in [0.4, 0.5) is 0 Å². The molecule has 0 spiro atoms. The first-order chi connectivity index (χ1) is 12.0. The van der Waals surface area contributed by atoms with Crippen LogP contribution in [0.15, 0.2) is 24.3 Å². The Bertz CT molecular complexity index is 604. The molecule has 3 rings (SSSR count). The van der Waals surface area contributed by atoms with E-state index in [2.05, 4.69) is 39.8 Å². The molecule has 25 heavy (non-hydrogen) atoms. The number of piperidine rings is 1. The number of amides is 2. The average Bonchev–Trinajstić information content (AvgIpc) is 3.04. The number of rotatable bonds is 5. The highest BCUT2D eigenvalue weighted by Crippen LogP contribution is 2.27. The maximum atomic E-state index is 12.1. The Labute approximate surface area is 150 Å². The molecule has 0 saturated carbocycles. The number of fused-ring (bicyclic) bond motifs is 1. The van der Waals surface area contributed by atoms with Gasteiger partial charge >= 0.3 is 0 Å². The molecule has 136 valence electrons. The second-order valence-corrected chi connectivity index (χ2v) is 7.60. The molecule has 2 aliphatic rings. The molecular weight excluding hydrogens is 314 g/mol. The third-order valence-electron chi connectivity index (χ3n) is 5.31. The van der Waals surface area contributed by atoms with E-state index in [0.29, 0.717) is 6.04 Å². The van der Waals surface area contributed by atoms with Gasteiger partial charge in [-0.05, 0) is 43.4 Å². The number of carbonyl (C=O) groups excluding carboxylic acids is 2. The zero-order valence-corrected chi connectivity index (χ0v) is 15.3. The molecule has 1 aromatic carbocycles. The summed E-state index contributed by atoms with van der Waals surface area (Å²) in [4.78, 5) is 26.2. The average molecular weight is 343 g/mol. The van der Waals surface area contributed by atoms with E-state index >= 15 is 0 Å². The quantitative estimate of drug-likeness (QED) is 0.852. The predicted octanol–water partition coefficient (Wildman–Crippen LogP) is 1.51. The summed E-state index contributed by atoms with van der Waals surface area (Å²) in [6.45, 7) is 5.73. The fourth-order valence-corrected chi connectivity index (χ4v) is 3.90. The van der Waals surface area contributed by atoms with Gasteiger partial charge in [0, 0.05) is 24.5 Å². The number of likely N-dealkylation sites (tertiary alicyclic amines) is 1. The van der Waals surface area contributed by atoms with Crippen LogP contribution in [-0.4, -0.2) is 48.4 Å². The van der Waals surface area contributed by atoms with Crippen molar-refractivity contribution >= 4 is 11.8 Å². The van der Waals surface area contributed by atoms with Crippen LogP contribution in [0, 0.1) is 5.92 Å². The summed E-state index contributed by atoms with van der Waals surface area (Å²) in [5.41, 5.74) is 2.94. The van der Waals surface area contributed by atoms with E-state index in [1.54, 1.807) is 0 Å². The molecule has 1 aliphatic heterocycles. The third-order valence-corrected chi connectivity index (χ3v) is 5.31. The standard InChI is InChI=1S/C20H29N3O2/c1-14(2)20(25)21-12-19(24)22-17-8-5-9-23(13-17)18-10-15-6-3-4-7-16(15)11-18/h3-4,6-7,14,17-18H,5,8-13H2,1-2H3,(H,21,25)(H,22,24)/t17-/m1/s1. The second kappa shape index (κ2) is 8.00. The molecule has 2 N–H and O–H groups in total. The number of carbonyl (C=O) groups is 2. The van der Waals surface area contributed by atoms with Crippen molar-refractivity contribution in [3.05, 3.63) is 35.4 Å². The van der Waals surface area contributed by atoms with Gasteiger partial charge in [-0.2, -0.15) is 0 Å². The predicted molar refractivity (Wildman–Crippen MR) is 98.2 cm³/mol. The molecule has 1 aliphatic carbocycles. The van der Waals surface area contributed by atoms with Crippen LogP contribution in [0.1, 0.15) is 37.8 Å². The van der Waals surface area contributed by atoms with Crippen LogP contribution >= 0.6 is 0 Å². The summed E-state index contributed by atoms with van der Waals surface area (Å²) in [5.74, 6) is -0.262. The van der Waals surface area contributed by atoms with Gasteiger partial charge in [0.1, 0.15) is 0 Å². The maximum Gasteiger partial charge on any atom is 0.239 e. The Kier molecular flexibility index (Phi) is 5.74. The molecule has 5 nitrogen and oxygen atoms in total. The lowest BCUT2D eigenvalue weighted by Gasteiger charge is -2.37. The van der Waals surface area contributed by atoms with E-state index in [0.717, 1.165) is 38.8 Å². The van der Waals surface area contributed by atoms with Crippen LogP contribution in [0.3, 0.4) is 0 Å². The second-order valence-electron chi connectivity index (χ2n) is 7.60. The summed E-state index contributed by atoms with van der Waals surface area (Å²) in [6.07, 6.45) is 4.35. The van der Waals surface area contributed by atoms with Gasteiger partial charge in [-0.1, -0.05) is 38.1 Å². The topological polar surface area (TPSA) is 61.4 Å². The molecule has 1 heterocycles. The van der Waals surface area contributed by atoms with E-state index in [9.17, 15) is 9.59 Å². The zero-order chi connectivity index (χ0) is 17.8. The molecule has 1 fully saturated rings. The smallest absolute Gasteiger partial charge is 0.239 e. The molecule has 1 atom stereocenters. The van der Waals surface area contributed by atoms with Crippen molar-refractivity contribution in [3.63, 3.8) is 0 Å². The van der Waals surface area contributed by atoms with E-state index in [1.165, 1.54) is 11.1 Å². The van der Waals surface area contributed by atoms with Crippen LogP contribution < -0.4 is 10.6 Å². The first kappa shape index (κ1) is 17.9. The third kappa shape index (κ3) is 4.60. The van der Waals surface area contributed by atoms with Gasteiger partial charge < -0.3 is 10.6 Å². The number of nitrogens with zero attached hydrogens (tertiary/aromatic N) is 1. The Morgan fingerprint density at radius 3 is 2.52 bits per heavy atom. The van der Waals surface area contributed by atoms with Crippen LogP contribution in [0.25, 0.3) is 0 Å². The lowest BCUT2D eigenvalue weighted by Crippen LogP contribution is -2.52. The van der Waals surface area contributed by atoms with E-state index in [1.807, 2.05) is 13.8 Å². The van der Waals surface area contributed by atoms with Gasteiger partial charge in [-0.3, -0.25) is 14.5 Å². The van der Waals surface area contributed by atoms with Gasteiger partial charge in [0.15, 0.2) is 0 Å². The molecule has 2 amide bonds. The summed E-state index contributed by atoms with van der Waals surface area (Å²) < 4.78 is 0. The number of benzene rings is 1. The lowest BCUT2D eigenvalue weighted by atomic mass is 10.0. The summed E-state index contributed by atoms with van der Waals surface area (Å²) >= 11 is 0. The Hall–Kier alpha value is -1.88. The highest BCUT2D eigenvalue weighted by atomic mass is 16.2. The van der Waals surface area contributed by atoms with Crippen LogP contribution in [-0.2, 0) is 22.4 Å². The Morgan fingerprint density at radius 2 is 1.88 bits per heavy atom. The molecule has 1 saturated heterocycles. The first-order valence-electron chi connectivity index (χ1n) is 9.41. The van der Waals surface area contributed by atoms with Crippen molar-refractivity contribution in [2.75, 3.05) is 19.6 Å². The molecular formula is C20H29N3O2. The maximum absolute atomic E-state index is 12.1. The van der Waals surface area contributed by atoms with E-state index in [-0.39, 0.29) is 30.3 Å². The number of hydrogen-bond donors (Lipinski definition) is 2. The van der Waals surface area contributed by atoms with E-state index < -0.39 is 0 Å². The van der Waals surface area contributed by atoms with Gasteiger partial charge in [-0.25, -0.2) is 0 Å². The van der Waals surface area contributed by atoms with Crippen LogP contribution in [0.5, 0.6) is 0 Å². The monoisotopic (exact) mass is 343 g/mol. The normalized spacial score (nSPS) is 21.2. The zero-order valence-electron chi connectivity index (χ0n) is 15.3. The van der Waals surface area contributed by atoms with Crippen molar-refractivity contribution in [2.45, 2.75) is 51.6 Å². The fraction of sp³-hybridized carbons (Fsp3) is 0.600. The van der Waals surface area contributed by atoms with Gasteiger partial charge in [-0.15, -0.1) is 0 Å². The minimum Gasteiger partial charge on any atom is -0.351 e. The summed E-state index contributed by atoms with van der Waals surface area (Å²) in [7, 11) is 0. The highest BCUT2D eigenvalue weighted by molar-refractivity contribution is 5.85. The van der Waals surface area contributed by atoms with Crippen molar-refractivity contribution in [3.8, 4) is 0 Å². The highest BCUT2D eigenvalue weighted by Gasteiger charge is 2.30. The molecule has 0 bridgehead atoms. The minimum absolute atomic E-state index is 0.0718. The fourth-order valence-electron chi connectivity index (χ4n) is 3.90. The summed E-state index contributed by atoms with van der Waals surface area (Å²) in [6, 6.07) is 9.43. The van der Waals surface area contributed by atoms with Gasteiger partial charge in [0.2, 0.25) is 11.8 Å². The van der Waals surface area contributed by atoms with Crippen molar-refractivity contribution in [1.82, 2.24) is 15.5 Å². The number of hydrogen-bond acceptors (Lipinski definition) is 3. The molecule has 0 aromatic heterocycles. The Balaban J connectivity index is 1.47. The minimum atomic E-state index is -0.0954. The number of nitrogens with one attached hydrogen (secondary N) is 2. The Morgan fingerprint density at radius 1 is 1.20 bits per heavy atom. The SMILES string of the molecule is CC(C)C(=O)NCC(=O)N[C@@H]1CCCN(C2Cc3ccccc3C2)C1. The molecule has 0 radical (unpaired) electrons. The van der Waals surface area contributed by atoms with E-state index in [4.69, 9.17) is 0 Å². The largest absolute Gasteiger partial charge is 0.351 e. The van der Waals surface area contributed by atoms with Crippen molar-refractivity contribution in [1.29, 1.82) is 0 Å². The van der Waals surface area contributed by atoms with Crippen LogP contribution in [0.2, 0.25) is 0 Å². The molecule has 0 unspecified atom stereocenters. The van der Waals surface area contributed by atoms with Gasteiger partial charge in [0.25, 0.3) is 0 Å². The molecule has 1 aromatic rings. The summed E-state index contributed by atoms with van der Waals surface area (Å²) in [5, 5.41) is 5.78. The lowest BCUT2D eigenvalue weighted by molar-refractivity contribution is -0.128.